The molecule has 3 rings (SSSR count). The molecule has 1 aliphatic carbocycles. The molecule has 0 spiro atoms. The van der Waals surface area contributed by atoms with Gasteiger partial charge in [-0.1, -0.05) is 18.2 Å². The Morgan fingerprint density at radius 2 is 1.84 bits per heavy atom. The first-order chi connectivity index (χ1) is 15.3. The van der Waals surface area contributed by atoms with Gasteiger partial charge in [-0.15, -0.1) is 0 Å². The number of carbonyl (C=O) groups is 1. The highest BCUT2D eigenvalue weighted by Crippen LogP contribution is 2.35. The zero-order valence-electron chi connectivity index (χ0n) is 17.9. The monoisotopic (exact) mass is 445 g/mol. The molecule has 0 unspecified atom stereocenters. The largest absolute Gasteiger partial charge is 0.494 e. The topological polar surface area (TPSA) is 56.6 Å². The van der Waals surface area contributed by atoms with Gasteiger partial charge in [0.15, 0.2) is 0 Å². The van der Waals surface area contributed by atoms with Crippen molar-refractivity contribution >= 4 is 11.6 Å². The molecule has 1 amide bonds. The number of carbonyl (C=O) groups excluding carboxylic acids is 1. The van der Waals surface area contributed by atoms with E-state index in [-0.39, 0.29) is 43.6 Å². The second-order valence-electron chi connectivity index (χ2n) is 7.67. The summed E-state index contributed by atoms with van der Waals surface area (Å²) in [5, 5.41) is 9.01. The van der Waals surface area contributed by atoms with E-state index in [0.717, 1.165) is 18.9 Å². The molecule has 170 valence electrons. The normalized spacial score (nSPS) is 13.6. The fourth-order valence-corrected chi connectivity index (χ4v) is 3.61. The molecule has 8 heteroatoms. The van der Waals surface area contributed by atoms with Crippen molar-refractivity contribution in [2.75, 3.05) is 24.6 Å². The highest BCUT2D eigenvalue weighted by Gasteiger charge is 2.36. The molecule has 5 nitrogen and oxygen atoms in total. The minimum Gasteiger partial charge on any atom is -0.494 e. The van der Waals surface area contributed by atoms with E-state index in [1.54, 1.807) is 35.2 Å². The number of hydrogen-bond acceptors (Lipinski definition) is 4. The number of amides is 1. The Balaban J connectivity index is 1.78. The highest BCUT2D eigenvalue weighted by molar-refractivity contribution is 5.95. The summed E-state index contributed by atoms with van der Waals surface area (Å²) in [6, 6.07) is 14.6. The lowest BCUT2D eigenvalue weighted by atomic mass is 10.1. The van der Waals surface area contributed by atoms with Crippen LogP contribution in [-0.4, -0.2) is 36.5 Å². The van der Waals surface area contributed by atoms with Crippen LogP contribution in [0.4, 0.5) is 18.9 Å². The van der Waals surface area contributed by atoms with E-state index in [0.29, 0.717) is 18.0 Å². The first kappa shape index (κ1) is 23.6. The number of anilines is 1. The lowest BCUT2D eigenvalue weighted by molar-refractivity contribution is -0.138. The van der Waals surface area contributed by atoms with Crippen molar-refractivity contribution < 1.29 is 22.7 Å². The molecule has 0 heterocycles. The van der Waals surface area contributed by atoms with Crippen molar-refractivity contribution in [3.05, 3.63) is 59.7 Å². The summed E-state index contributed by atoms with van der Waals surface area (Å²) in [5.74, 6) is 0.424. The molecule has 0 saturated heterocycles. The lowest BCUT2D eigenvalue weighted by Crippen LogP contribution is -2.41. The molecule has 0 radical (unpaired) electrons. The van der Waals surface area contributed by atoms with E-state index in [1.165, 1.54) is 17.0 Å². The van der Waals surface area contributed by atoms with Gasteiger partial charge in [-0.05, 0) is 55.7 Å². The van der Waals surface area contributed by atoms with Gasteiger partial charge in [0.1, 0.15) is 5.75 Å². The van der Waals surface area contributed by atoms with Crippen molar-refractivity contribution in [1.82, 2.24) is 4.90 Å². The van der Waals surface area contributed by atoms with Gasteiger partial charge in [-0.25, -0.2) is 0 Å². The van der Waals surface area contributed by atoms with Crippen LogP contribution >= 0.6 is 0 Å². The molecule has 2 aromatic carbocycles. The van der Waals surface area contributed by atoms with Gasteiger partial charge >= 0.3 is 6.18 Å². The number of alkyl halides is 3. The van der Waals surface area contributed by atoms with Gasteiger partial charge in [-0.2, -0.15) is 18.4 Å². The van der Waals surface area contributed by atoms with Crippen LogP contribution in [0.5, 0.6) is 5.75 Å². The highest BCUT2D eigenvalue weighted by atomic mass is 19.4. The number of nitrogens with zero attached hydrogens (tertiary/aromatic N) is 3. The lowest BCUT2D eigenvalue weighted by Gasteiger charge is -2.28. The second kappa shape index (κ2) is 10.5. The molecule has 0 N–H and O–H groups in total. The smallest absolute Gasteiger partial charge is 0.416 e. The van der Waals surface area contributed by atoms with Crippen molar-refractivity contribution in [3.8, 4) is 11.8 Å². The molecule has 1 aliphatic rings. The standard InChI is InChI=1S/C24H26F3N3O2/c1-2-32-21-12-10-20(11-13-21)30(15-5-14-28)23(31)17-29(19-8-9-19)16-18-6-3-4-7-22(18)24(25,26)27/h3-4,6-7,10-13,19H,2,5,8-9,15-17H2,1H3. The average Bonchev–Trinajstić information content (AvgIpc) is 3.60. The van der Waals surface area contributed by atoms with E-state index in [4.69, 9.17) is 10.00 Å². The van der Waals surface area contributed by atoms with E-state index < -0.39 is 11.7 Å². The number of nitriles is 1. The maximum Gasteiger partial charge on any atom is 0.416 e. The molecular weight excluding hydrogens is 419 g/mol. The van der Waals surface area contributed by atoms with Gasteiger partial charge in [0, 0.05) is 24.8 Å². The maximum atomic E-state index is 13.4. The Bertz CT molecular complexity index is 950. The zero-order chi connectivity index (χ0) is 23.1. The Morgan fingerprint density at radius 3 is 2.44 bits per heavy atom. The third-order valence-electron chi connectivity index (χ3n) is 5.31. The van der Waals surface area contributed by atoms with Crippen LogP contribution < -0.4 is 9.64 Å². The number of ether oxygens (including phenoxy) is 1. The van der Waals surface area contributed by atoms with Gasteiger partial charge in [-0.3, -0.25) is 9.69 Å². The number of halogens is 3. The minimum absolute atomic E-state index is 0.0184. The van der Waals surface area contributed by atoms with Gasteiger partial charge < -0.3 is 9.64 Å². The van der Waals surface area contributed by atoms with E-state index in [1.807, 2.05) is 13.0 Å². The van der Waals surface area contributed by atoms with Crippen LogP contribution in [0.15, 0.2) is 48.5 Å². The summed E-state index contributed by atoms with van der Waals surface area (Å²) in [7, 11) is 0. The summed E-state index contributed by atoms with van der Waals surface area (Å²) in [6.07, 6.45) is -2.60. The summed E-state index contributed by atoms with van der Waals surface area (Å²) in [5.41, 5.74) is 0.107. The fraction of sp³-hybridized carbons (Fsp3) is 0.417. The number of rotatable bonds is 10. The van der Waals surface area contributed by atoms with Gasteiger partial charge in [0.05, 0.1) is 31.2 Å². The molecular formula is C24H26F3N3O2. The summed E-state index contributed by atoms with van der Waals surface area (Å²) in [4.78, 5) is 16.5. The number of benzene rings is 2. The van der Waals surface area contributed by atoms with Gasteiger partial charge in [0.25, 0.3) is 0 Å². The van der Waals surface area contributed by atoms with E-state index in [9.17, 15) is 18.0 Å². The molecule has 0 aromatic heterocycles. The van der Waals surface area contributed by atoms with Crippen molar-refractivity contribution in [2.45, 2.75) is 44.9 Å². The molecule has 0 bridgehead atoms. The molecule has 32 heavy (non-hydrogen) atoms. The summed E-state index contributed by atoms with van der Waals surface area (Å²) in [6.45, 7) is 2.63. The third-order valence-corrected chi connectivity index (χ3v) is 5.31. The quantitative estimate of drug-likeness (QED) is 0.516. The predicted octanol–water partition coefficient (Wildman–Crippen LogP) is 5.02. The Hall–Kier alpha value is -3.05. The molecule has 0 atom stereocenters. The first-order valence-corrected chi connectivity index (χ1v) is 10.6. The van der Waals surface area contributed by atoms with Crippen molar-refractivity contribution in [3.63, 3.8) is 0 Å². The van der Waals surface area contributed by atoms with Crippen molar-refractivity contribution in [1.29, 1.82) is 5.26 Å². The van der Waals surface area contributed by atoms with Crippen LogP contribution in [0, 0.1) is 11.3 Å². The zero-order valence-corrected chi connectivity index (χ0v) is 17.9. The molecule has 2 aromatic rings. The summed E-state index contributed by atoms with van der Waals surface area (Å²) >= 11 is 0. The maximum absolute atomic E-state index is 13.4. The van der Waals surface area contributed by atoms with Crippen LogP contribution in [-0.2, 0) is 17.5 Å². The Kier molecular flexibility index (Phi) is 7.75. The van der Waals surface area contributed by atoms with E-state index >= 15 is 0 Å². The third kappa shape index (κ3) is 6.24. The second-order valence-corrected chi connectivity index (χ2v) is 7.67. The Labute approximate surface area is 186 Å². The predicted molar refractivity (Wildman–Crippen MR) is 115 cm³/mol. The first-order valence-electron chi connectivity index (χ1n) is 10.6. The molecule has 1 fully saturated rings. The fourth-order valence-electron chi connectivity index (χ4n) is 3.61. The van der Waals surface area contributed by atoms with Crippen LogP contribution in [0.2, 0.25) is 0 Å². The van der Waals surface area contributed by atoms with Crippen LogP contribution in [0.3, 0.4) is 0 Å². The Morgan fingerprint density at radius 1 is 1.16 bits per heavy atom. The summed E-state index contributed by atoms with van der Waals surface area (Å²) < 4.78 is 45.7. The van der Waals surface area contributed by atoms with Crippen molar-refractivity contribution in [2.24, 2.45) is 0 Å². The average molecular weight is 445 g/mol. The van der Waals surface area contributed by atoms with Gasteiger partial charge in [0.2, 0.25) is 5.91 Å². The molecule has 1 saturated carbocycles. The molecule has 0 aliphatic heterocycles. The minimum atomic E-state index is -4.45. The van der Waals surface area contributed by atoms with E-state index in [2.05, 4.69) is 0 Å². The van der Waals surface area contributed by atoms with Crippen LogP contribution in [0.1, 0.15) is 37.3 Å². The number of hydrogen-bond donors (Lipinski definition) is 0. The SMILES string of the molecule is CCOc1ccc(N(CCC#N)C(=O)CN(Cc2ccccc2C(F)(F)F)C2CC2)cc1. The van der Waals surface area contributed by atoms with Crippen LogP contribution in [0.25, 0.3) is 0 Å².